The Morgan fingerprint density at radius 1 is 1.50 bits per heavy atom. The maximum atomic E-state index is 12.5. The van der Waals surface area contributed by atoms with Gasteiger partial charge in [-0.05, 0) is 26.0 Å². The third kappa shape index (κ3) is 3.22. The predicted octanol–water partition coefficient (Wildman–Crippen LogP) is 1.68. The number of ether oxygens (including phenoxy) is 1. The Morgan fingerprint density at radius 3 is 2.75 bits per heavy atom. The first kappa shape index (κ1) is 15.1. The van der Waals surface area contributed by atoms with E-state index in [-0.39, 0.29) is 11.9 Å². The van der Waals surface area contributed by atoms with E-state index < -0.39 is 5.60 Å². The van der Waals surface area contributed by atoms with Crippen molar-refractivity contribution in [2.75, 3.05) is 26.8 Å². The van der Waals surface area contributed by atoms with Gasteiger partial charge in [-0.1, -0.05) is 0 Å². The topological polar surface area (TPSA) is 54.7 Å². The van der Waals surface area contributed by atoms with Crippen LogP contribution in [-0.2, 0) is 4.74 Å². The van der Waals surface area contributed by atoms with Crippen molar-refractivity contribution in [2.24, 2.45) is 0 Å². The van der Waals surface area contributed by atoms with Crippen LogP contribution in [0.1, 0.15) is 43.2 Å². The first-order valence-corrected chi connectivity index (χ1v) is 7.15. The van der Waals surface area contributed by atoms with E-state index in [2.05, 4.69) is 0 Å². The lowest BCUT2D eigenvalue weighted by atomic mass is 9.94. The highest BCUT2D eigenvalue weighted by Gasteiger charge is 2.33. The minimum absolute atomic E-state index is 0.0522. The summed E-state index contributed by atoms with van der Waals surface area (Å²) in [6, 6.07) is 3.94. The van der Waals surface area contributed by atoms with Crippen molar-refractivity contribution in [2.45, 2.75) is 38.3 Å². The summed E-state index contributed by atoms with van der Waals surface area (Å²) in [6.45, 7) is 5.55. The molecule has 112 valence electrons. The largest absolute Gasteiger partial charge is 0.388 e. The number of nitrogens with zero attached hydrogens (tertiary/aromatic N) is 2. The molecule has 5 heteroatoms. The van der Waals surface area contributed by atoms with Crippen LogP contribution < -0.4 is 0 Å². The summed E-state index contributed by atoms with van der Waals surface area (Å²) in [5.41, 5.74) is -0.157. The maximum absolute atomic E-state index is 12.5. The summed E-state index contributed by atoms with van der Waals surface area (Å²) in [7, 11) is 1.74. The molecule has 2 rings (SSSR count). The van der Waals surface area contributed by atoms with Crippen LogP contribution in [0.5, 0.6) is 0 Å². The molecule has 0 bridgehead atoms. The zero-order valence-electron chi connectivity index (χ0n) is 12.5. The normalized spacial score (nSPS) is 18.2. The number of carbonyl (C=O) groups excluding carboxylic acids is 1. The molecule has 0 atom stereocenters. The van der Waals surface area contributed by atoms with Gasteiger partial charge in [0.05, 0.1) is 5.60 Å². The number of likely N-dealkylation sites (N-methyl/N-ethyl adjacent to an activating group) is 1. The van der Waals surface area contributed by atoms with E-state index in [0.717, 1.165) is 0 Å². The number of rotatable bonds is 4. The van der Waals surface area contributed by atoms with Crippen molar-refractivity contribution < 1.29 is 14.6 Å². The first-order valence-electron chi connectivity index (χ1n) is 7.15. The van der Waals surface area contributed by atoms with Crippen molar-refractivity contribution in [3.05, 3.63) is 24.0 Å². The number of aromatic nitrogens is 1. The monoisotopic (exact) mass is 280 g/mol. The fourth-order valence-electron chi connectivity index (χ4n) is 2.64. The molecule has 1 fully saturated rings. The lowest BCUT2D eigenvalue weighted by molar-refractivity contribution is -0.0735. The zero-order valence-corrected chi connectivity index (χ0v) is 12.5. The third-order valence-corrected chi connectivity index (χ3v) is 3.86. The molecule has 0 aromatic carbocycles. The molecule has 1 N–H and O–H groups in total. The highest BCUT2D eigenvalue weighted by atomic mass is 16.5. The SMILES string of the molecule is CC(C)n1cccc1C(=O)N(C)CC1(O)CCOCC1. The van der Waals surface area contributed by atoms with E-state index in [0.29, 0.717) is 38.3 Å². The first-order chi connectivity index (χ1) is 9.43. The Kier molecular flexibility index (Phi) is 4.50. The van der Waals surface area contributed by atoms with Gasteiger partial charge in [-0.25, -0.2) is 0 Å². The number of carbonyl (C=O) groups is 1. The van der Waals surface area contributed by atoms with Crippen LogP contribution in [0.4, 0.5) is 0 Å². The average molecular weight is 280 g/mol. The van der Waals surface area contributed by atoms with Gasteiger partial charge in [0, 0.05) is 51.9 Å². The quantitative estimate of drug-likeness (QED) is 0.913. The van der Waals surface area contributed by atoms with E-state index >= 15 is 0 Å². The summed E-state index contributed by atoms with van der Waals surface area (Å²) >= 11 is 0. The molecule has 0 saturated carbocycles. The van der Waals surface area contributed by atoms with Crippen LogP contribution >= 0.6 is 0 Å². The fourth-order valence-corrected chi connectivity index (χ4v) is 2.64. The number of hydrogen-bond donors (Lipinski definition) is 1. The van der Waals surface area contributed by atoms with Gasteiger partial charge in [0.1, 0.15) is 5.69 Å². The lowest BCUT2D eigenvalue weighted by Gasteiger charge is -2.35. The van der Waals surface area contributed by atoms with Crippen molar-refractivity contribution in [3.63, 3.8) is 0 Å². The predicted molar refractivity (Wildman–Crippen MR) is 76.8 cm³/mol. The van der Waals surface area contributed by atoms with E-state index in [1.807, 2.05) is 36.7 Å². The fraction of sp³-hybridized carbons (Fsp3) is 0.667. The molecule has 1 aromatic heterocycles. The van der Waals surface area contributed by atoms with Gasteiger partial charge in [0.15, 0.2) is 0 Å². The van der Waals surface area contributed by atoms with Gasteiger partial charge in [0.2, 0.25) is 0 Å². The standard InChI is InChI=1S/C15H24N2O3/c1-12(2)17-8-4-5-13(17)14(18)16(3)11-15(19)6-9-20-10-7-15/h4-5,8,12,19H,6-7,9-11H2,1-3H3. The summed E-state index contributed by atoms with van der Waals surface area (Å²) in [5, 5.41) is 10.5. The van der Waals surface area contributed by atoms with Crippen molar-refractivity contribution >= 4 is 5.91 Å². The number of aliphatic hydroxyl groups is 1. The smallest absolute Gasteiger partial charge is 0.270 e. The van der Waals surface area contributed by atoms with Crippen LogP contribution in [0, 0.1) is 0 Å². The zero-order chi connectivity index (χ0) is 14.8. The highest BCUT2D eigenvalue weighted by Crippen LogP contribution is 2.22. The molecule has 0 unspecified atom stereocenters. The van der Waals surface area contributed by atoms with Crippen LogP contribution in [0.3, 0.4) is 0 Å². The average Bonchev–Trinajstić information content (AvgIpc) is 2.87. The lowest BCUT2D eigenvalue weighted by Crippen LogP contribution is -2.47. The van der Waals surface area contributed by atoms with Gasteiger partial charge in [-0.2, -0.15) is 0 Å². The summed E-state index contributed by atoms with van der Waals surface area (Å²) in [4.78, 5) is 14.1. The number of amides is 1. The molecule has 20 heavy (non-hydrogen) atoms. The van der Waals surface area contributed by atoms with Crippen LogP contribution in [0.25, 0.3) is 0 Å². The Morgan fingerprint density at radius 2 is 2.15 bits per heavy atom. The van der Waals surface area contributed by atoms with Crippen LogP contribution in [0.2, 0.25) is 0 Å². The minimum Gasteiger partial charge on any atom is -0.388 e. The summed E-state index contributed by atoms with van der Waals surface area (Å²) in [6.07, 6.45) is 3.07. The van der Waals surface area contributed by atoms with Crippen LogP contribution in [0.15, 0.2) is 18.3 Å². The third-order valence-electron chi connectivity index (χ3n) is 3.86. The van der Waals surface area contributed by atoms with Gasteiger partial charge >= 0.3 is 0 Å². The molecule has 0 spiro atoms. The van der Waals surface area contributed by atoms with E-state index in [4.69, 9.17) is 4.74 Å². The molecule has 1 aliphatic heterocycles. The Hall–Kier alpha value is -1.33. The molecule has 5 nitrogen and oxygen atoms in total. The van der Waals surface area contributed by atoms with Gasteiger partial charge in [-0.15, -0.1) is 0 Å². The van der Waals surface area contributed by atoms with E-state index in [1.165, 1.54) is 0 Å². The molecule has 1 saturated heterocycles. The molecule has 1 amide bonds. The van der Waals surface area contributed by atoms with Gasteiger partial charge < -0.3 is 19.3 Å². The van der Waals surface area contributed by atoms with Crippen molar-refractivity contribution in [3.8, 4) is 0 Å². The number of hydrogen-bond acceptors (Lipinski definition) is 3. The van der Waals surface area contributed by atoms with Crippen molar-refractivity contribution in [1.29, 1.82) is 0 Å². The van der Waals surface area contributed by atoms with Crippen LogP contribution in [-0.4, -0.2) is 52.9 Å². The Bertz CT molecular complexity index is 461. The molecular weight excluding hydrogens is 256 g/mol. The molecule has 1 aromatic rings. The maximum Gasteiger partial charge on any atom is 0.270 e. The Labute approximate surface area is 120 Å². The molecule has 0 aliphatic carbocycles. The summed E-state index contributed by atoms with van der Waals surface area (Å²) < 4.78 is 7.21. The highest BCUT2D eigenvalue weighted by molar-refractivity contribution is 5.92. The molecule has 1 aliphatic rings. The molecule has 0 radical (unpaired) electrons. The second-order valence-electron chi connectivity index (χ2n) is 5.89. The Balaban J connectivity index is 2.06. The van der Waals surface area contributed by atoms with E-state index in [1.54, 1.807) is 11.9 Å². The molecular formula is C15H24N2O3. The van der Waals surface area contributed by atoms with Gasteiger partial charge in [0.25, 0.3) is 5.91 Å². The van der Waals surface area contributed by atoms with Gasteiger partial charge in [-0.3, -0.25) is 4.79 Å². The van der Waals surface area contributed by atoms with Crippen molar-refractivity contribution in [1.82, 2.24) is 9.47 Å². The molecule has 2 heterocycles. The minimum atomic E-state index is -0.822. The second-order valence-corrected chi connectivity index (χ2v) is 5.89. The second kappa shape index (κ2) is 5.97. The van der Waals surface area contributed by atoms with E-state index in [9.17, 15) is 9.90 Å². The summed E-state index contributed by atoms with van der Waals surface area (Å²) in [5.74, 6) is -0.0522.